The van der Waals surface area contributed by atoms with E-state index in [1.165, 1.54) is 0 Å². The van der Waals surface area contributed by atoms with Crippen molar-refractivity contribution in [2.24, 2.45) is 0 Å². The molecule has 1 aliphatic heterocycles. The fourth-order valence-corrected chi connectivity index (χ4v) is 2.58. The average molecular weight is 324 g/mol. The number of ether oxygens (including phenoxy) is 2. The average Bonchev–Trinajstić information content (AvgIpc) is 2.48. The van der Waals surface area contributed by atoms with E-state index >= 15 is 0 Å². The zero-order valence-corrected chi connectivity index (χ0v) is 13.0. The van der Waals surface area contributed by atoms with Crippen LogP contribution in [0, 0.1) is 0 Å². The van der Waals surface area contributed by atoms with Crippen molar-refractivity contribution < 1.29 is 9.47 Å². The van der Waals surface area contributed by atoms with Crippen molar-refractivity contribution in [2.75, 3.05) is 18.5 Å². The van der Waals surface area contributed by atoms with E-state index in [4.69, 9.17) is 32.7 Å². The van der Waals surface area contributed by atoms with Gasteiger partial charge in [-0.1, -0.05) is 35.3 Å². The van der Waals surface area contributed by atoms with Gasteiger partial charge in [0, 0.05) is 23.2 Å². The molecule has 1 unspecified atom stereocenters. The van der Waals surface area contributed by atoms with Crippen molar-refractivity contribution >= 4 is 28.9 Å². The first kappa shape index (κ1) is 14.4. The van der Waals surface area contributed by atoms with Crippen LogP contribution in [0.2, 0.25) is 10.0 Å². The fourth-order valence-electron chi connectivity index (χ4n) is 2.24. The predicted molar refractivity (Wildman–Crippen MR) is 85.9 cm³/mol. The maximum absolute atomic E-state index is 6.30. The Morgan fingerprint density at radius 2 is 1.62 bits per heavy atom. The van der Waals surface area contributed by atoms with Crippen LogP contribution in [0.5, 0.6) is 11.5 Å². The van der Waals surface area contributed by atoms with Crippen LogP contribution in [0.4, 0.5) is 5.69 Å². The van der Waals surface area contributed by atoms with Gasteiger partial charge < -0.3 is 14.8 Å². The number of benzene rings is 2. The summed E-state index contributed by atoms with van der Waals surface area (Å²) in [5, 5.41) is 4.72. The monoisotopic (exact) mass is 323 g/mol. The molecule has 2 aromatic rings. The Hall–Kier alpha value is -1.58. The predicted octanol–water partition coefficient (Wildman–Crippen LogP) is 4.94. The second kappa shape index (κ2) is 6.04. The zero-order chi connectivity index (χ0) is 14.8. The number of halogens is 2. The molecule has 0 saturated heterocycles. The van der Waals surface area contributed by atoms with Gasteiger partial charge >= 0.3 is 0 Å². The molecule has 3 nitrogen and oxygen atoms in total. The van der Waals surface area contributed by atoms with Gasteiger partial charge in [0.05, 0.1) is 10.7 Å². The molecular weight excluding hydrogens is 309 g/mol. The highest BCUT2D eigenvalue weighted by Crippen LogP contribution is 2.39. The number of fused-ring (bicyclic) bond motifs is 1. The third kappa shape index (κ3) is 3.20. The van der Waals surface area contributed by atoms with Crippen molar-refractivity contribution in [1.29, 1.82) is 0 Å². The largest absolute Gasteiger partial charge is 0.486 e. The lowest BCUT2D eigenvalue weighted by Crippen LogP contribution is -2.16. The summed E-state index contributed by atoms with van der Waals surface area (Å²) in [5.74, 6) is 1.41. The lowest BCUT2D eigenvalue weighted by Gasteiger charge is -2.22. The first-order valence-corrected chi connectivity index (χ1v) is 7.50. The zero-order valence-electron chi connectivity index (χ0n) is 11.5. The molecule has 1 aliphatic rings. The van der Waals surface area contributed by atoms with Crippen LogP contribution in [0.25, 0.3) is 0 Å². The second-order valence-corrected chi connectivity index (χ2v) is 5.74. The van der Waals surface area contributed by atoms with Crippen LogP contribution in [0.1, 0.15) is 18.5 Å². The molecule has 0 aliphatic carbocycles. The molecule has 1 N–H and O–H groups in total. The molecule has 0 saturated carbocycles. The number of rotatable bonds is 3. The van der Waals surface area contributed by atoms with Crippen LogP contribution in [-0.2, 0) is 0 Å². The summed E-state index contributed by atoms with van der Waals surface area (Å²) in [7, 11) is 0. The van der Waals surface area contributed by atoms with Gasteiger partial charge in [-0.3, -0.25) is 0 Å². The molecule has 110 valence electrons. The van der Waals surface area contributed by atoms with Crippen LogP contribution >= 0.6 is 23.2 Å². The standard InChI is InChI=1S/C16H15Cl2NO2/c1-10(11-2-4-12(17)5-3-11)19-14-9-16-15(8-13(14)18)20-6-7-21-16/h2-5,8-10,19H,6-7H2,1H3. The number of hydrogen-bond donors (Lipinski definition) is 1. The molecule has 0 fully saturated rings. The van der Waals surface area contributed by atoms with Crippen LogP contribution in [-0.4, -0.2) is 13.2 Å². The minimum atomic E-state index is 0.0994. The van der Waals surface area contributed by atoms with E-state index in [-0.39, 0.29) is 6.04 Å². The number of anilines is 1. The molecule has 1 heterocycles. The van der Waals surface area contributed by atoms with Crippen molar-refractivity contribution in [3.05, 3.63) is 52.0 Å². The fraction of sp³-hybridized carbons (Fsp3) is 0.250. The van der Waals surface area contributed by atoms with Gasteiger partial charge in [-0.25, -0.2) is 0 Å². The van der Waals surface area contributed by atoms with Gasteiger partial charge in [0.15, 0.2) is 11.5 Å². The summed E-state index contributed by atoms with van der Waals surface area (Å²) in [6.07, 6.45) is 0. The first-order valence-electron chi connectivity index (χ1n) is 6.74. The van der Waals surface area contributed by atoms with Gasteiger partial charge in [-0.15, -0.1) is 0 Å². The van der Waals surface area contributed by atoms with Gasteiger partial charge in [0.25, 0.3) is 0 Å². The van der Waals surface area contributed by atoms with Crippen LogP contribution in [0.3, 0.4) is 0 Å². The normalized spacial score (nSPS) is 14.6. The Morgan fingerprint density at radius 3 is 2.29 bits per heavy atom. The van der Waals surface area contributed by atoms with E-state index in [1.807, 2.05) is 30.3 Å². The molecule has 0 amide bonds. The van der Waals surface area contributed by atoms with Crippen molar-refractivity contribution in [1.82, 2.24) is 0 Å². The van der Waals surface area contributed by atoms with Gasteiger partial charge in [0.2, 0.25) is 0 Å². The molecule has 3 rings (SSSR count). The SMILES string of the molecule is CC(Nc1cc2c(cc1Cl)OCCO2)c1ccc(Cl)cc1. The highest BCUT2D eigenvalue weighted by molar-refractivity contribution is 6.33. The van der Waals surface area contributed by atoms with Crippen LogP contribution < -0.4 is 14.8 Å². The Morgan fingerprint density at radius 1 is 1.00 bits per heavy atom. The molecule has 0 spiro atoms. The maximum atomic E-state index is 6.30. The van der Waals surface area contributed by atoms with E-state index in [9.17, 15) is 0 Å². The minimum absolute atomic E-state index is 0.0994. The Labute approximate surface area is 133 Å². The second-order valence-electron chi connectivity index (χ2n) is 4.89. The van der Waals surface area contributed by atoms with E-state index in [2.05, 4.69) is 12.2 Å². The summed E-state index contributed by atoms with van der Waals surface area (Å²) in [6, 6.07) is 11.5. The highest BCUT2D eigenvalue weighted by Gasteiger charge is 2.16. The first-order chi connectivity index (χ1) is 10.1. The topological polar surface area (TPSA) is 30.5 Å². The van der Waals surface area contributed by atoms with Crippen molar-refractivity contribution in [3.8, 4) is 11.5 Å². The van der Waals surface area contributed by atoms with Gasteiger partial charge in [0.1, 0.15) is 13.2 Å². The van der Waals surface area contributed by atoms with Crippen molar-refractivity contribution in [3.63, 3.8) is 0 Å². The van der Waals surface area contributed by atoms with Gasteiger partial charge in [-0.2, -0.15) is 0 Å². The van der Waals surface area contributed by atoms with Gasteiger partial charge in [-0.05, 0) is 24.6 Å². The van der Waals surface area contributed by atoms with E-state index in [0.717, 1.165) is 22.0 Å². The third-order valence-corrected chi connectivity index (χ3v) is 3.94. The molecule has 21 heavy (non-hydrogen) atoms. The molecular formula is C16H15Cl2NO2. The molecule has 5 heteroatoms. The molecule has 1 atom stereocenters. The lowest BCUT2D eigenvalue weighted by molar-refractivity contribution is 0.171. The molecule has 0 bridgehead atoms. The summed E-state index contributed by atoms with van der Waals surface area (Å²) in [6.45, 7) is 3.18. The molecule has 2 aromatic carbocycles. The minimum Gasteiger partial charge on any atom is -0.486 e. The molecule has 0 radical (unpaired) electrons. The summed E-state index contributed by atoms with van der Waals surface area (Å²) in [4.78, 5) is 0. The summed E-state index contributed by atoms with van der Waals surface area (Å²) in [5.41, 5.74) is 1.95. The van der Waals surface area contributed by atoms with E-state index in [0.29, 0.717) is 24.0 Å². The highest BCUT2D eigenvalue weighted by atomic mass is 35.5. The number of nitrogens with one attached hydrogen (secondary N) is 1. The van der Waals surface area contributed by atoms with E-state index < -0.39 is 0 Å². The maximum Gasteiger partial charge on any atom is 0.163 e. The Kier molecular flexibility index (Phi) is 4.13. The smallest absolute Gasteiger partial charge is 0.163 e. The quantitative estimate of drug-likeness (QED) is 0.868. The van der Waals surface area contributed by atoms with E-state index in [1.54, 1.807) is 6.07 Å². The Balaban J connectivity index is 1.82. The molecule has 0 aromatic heterocycles. The Bertz CT molecular complexity index is 643. The summed E-state index contributed by atoms with van der Waals surface area (Å²) >= 11 is 12.2. The lowest BCUT2D eigenvalue weighted by atomic mass is 10.1. The number of hydrogen-bond acceptors (Lipinski definition) is 3. The summed E-state index contributed by atoms with van der Waals surface area (Å²) < 4.78 is 11.1. The van der Waals surface area contributed by atoms with Crippen LogP contribution in [0.15, 0.2) is 36.4 Å². The van der Waals surface area contributed by atoms with Crippen molar-refractivity contribution in [2.45, 2.75) is 13.0 Å². The third-order valence-electron chi connectivity index (χ3n) is 3.37.